The molecule has 0 bridgehead atoms. The number of imidazole rings is 1. The molecule has 0 atom stereocenters. The SMILES string of the molecule is CN=C(NCCCCOCc1ccccc1)NCCCn1c(C)nc2ccccc21. The highest BCUT2D eigenvalue weighted by Crippen LogP contribution is 2.15. The summed E-state index contributed by atoms with van der Waals surface area (Å²) in [5, 5.41) is 6.77. The summed E-state index contributed by atoms with van der Waals surface area (Å²) in [6, 6.07) is 18.6. The van der Waals surface area contributed by atoms with Gasteiger partial charge in [-0.3, -0.25) is 4.99 Å². The van der Waals surface area contributed by atoms with Crippen LogP contribution in [0.15, 0.2) is 59.6 Å². The van der Waals surface area contributed by atoms with Crippen molar-refractivity contribution >= 4 is 17.0 Å². The molecule has 0 saturated heterocycles. The number of para-hydroxylation sites is 2. The zero-order valence-electron chi connectivity index (χ0n) is 18.1. The van der Waals surface area contributed by atoms with E-state index >= 15 is 0 Å². The minimum absolute atomic E-state index is 0.684. The van der Waals surface area contributed by atoms with Gasteiger partial charge >= 0.3 is 0 Å². The zero-order chi connectivity index (χ0) is 21.0. The van der Waals surface area contributed by atoms with Crippen LogP contribution in [-0.4, -0.2) is 42.3 Å². The number of guanidine groups is 1. The number of benzene rings is 2. The Morgan fingerprint density at radius 3 is 2.50 bits per heavy atom. The standard InChI is InChI=1S/C24H33N5O/c1-20-28-22-13-6-7-14-23(22)29(20)17-10-16-27-24(25-2)26-15-8-9-18-30-19-21-11-4-3-5-12-21/h3-7,11-14H,8-10,15-19H2,1-2H3,(H2,25,26,27). The Bertz CT molecular complexity index is 920. The highest BCUT2D eigenvalue weighted by molar-refractivity contribution is 5.79. The summed E-state index contributed by atoms with van der Waals surface area (Å²) in [5.41, 5.74) is 3.49. The summed E-state index contributed by atoms with van der Waals surface area (Å²) >= 11 is 0. The number of hydrogen-bond acceptors (Lipinski definition) is 3. The highest BCUT2D eigenvalue weighted by atomic mass is 16.5. The Hall–Kier alpha value is -2.86. The Kier molecular flexibility index (Phi) is 8.72. The van der Waals surface area contributed by atoms with E-state index in [1.807, 2.05) is 31.3 Å². The van der Waals surface area contributed by atoms with Crippen molar-refractivity contribution in [2.75, 3.05) is 26.7 Å². The Labute approximate surface area is 179 Å². The van der Waals surface area contributed by atoms with E-state index in [0.717, 1.165) is 62.8 Å². The van der Waals surface area contributed by atoms with Crippen molar-refractivity contribution in [3.63, 3.8) is 0 Å². The molecule has 0 aliphatic heterocycles. The number of ether oxygens (including phenoxy) is 1. The zero-order valence-corrected chi connectivity index (χ0v) is 18.1. The minimum Gasteiger partial charge on any atom is -0.377 e. The van der Waals surface area contributed by atoms with E-state index in [9.17, 15) is 0 Å². The molecule has 6 heteroatoms. The van der Waals surface area contributed by atoms with E-state index in [1.165, 1.54) is 11.1 Å². The van der Waals surface area contributed by atoms with Crippen LogP contribution < -0.4 is 10.6 Å². The maximum absolute atomic E-state index is 5.73. The smallest absolute Gasteiger partial charge is 0.190 e. The monoisotopic (exact) mass is 407 g/mol. The fourth-order valence-corrected chi connectivity index (χ4v) is 3.44. The Balaban J connectivity index is 1.26. The molecule has 0 saturated carbocycles. The topological polar surface area (TPSA) is 63.5 Å². The number of hydrogen-bond donors (Lipinski definition) is 2. The summed E-state index contributed by atoms with van der Waals surface area (Å²) in [4.78, 5) is 8.94. The Morgan fingerprint density at radius 1 is 0.967 bits per heavy atom. The number of fused-ring (bicyclic) bond motifs is 1. The number of rotatable bonds is 11. The van der Waals surface area contributed by atoms with Gasteiger partial charge in [-0.25, -0.2) is 4.98 Å². The number of nitrogens with one attached hydrogen (secondary N) is 2. The minimum atomic E-state index is 0.684. The van der Waals surface area contributed by atoms with Crippen molar-refractivity contribution in [2.24, 2.45) is 4.99 Å². The van der Waals surface area contributed by atoms with E-state index in [2.05, 4.69) is 62.4 Å². The molecule has 0 spiro atoms. The summed E-state index contributed by atoms with van der Waals surface area (Å²) < 4.78 is 8.01. The van der Waals surface area contributed by atoms with Gasteiger partial charge in [0.15, 0.2) is 5.96 Å². The molecule has 3 aromatic rings. The maximum Gasteiger partial charge on any atom is 0.190 e. The van der Waals surface area contributed by atoms with Gasteiger partial charge in [0.05, 0.1) is 17.6 Å². The van der Waals surface area contributed by atoms with Crippen LogP contribution in [0.3, 0.4) is 0 Å². The maximum atomic E-state index is 5.73. The van der Waals surface area contributed by atoms with Crippen molar-refractivity contribution in [1.29, 1.82) is 0 Å². The van der Waals surface area contributed by atoms with E-state index in [0.29, 0.717) is 6.61 Å². The van der Waals surface area contributed by atoms with Gasteiger partial charge in [-0.2, -0.15) is 0 Å². The molecular formula is C24H33N5O. The van der Waals surface area contributed by atoms with Crippen LogP contribution in [0.2, 0.25) is 0 Å². The van der Waals surface area contributed by atoms with Gasteiger partial charge in [0, 0.05) is 33.3 Å². The predicted octanol–water partition coefficient (Wildman–Crippen LogP) is 3.90. The second kappa shape index (κ2) is 12.0. The van der Waals surface area contributed by atoms with Gasteiger partial charge in [0.2, 0.25) is 0 Å². The molecule has 0 amide bonds. The van der Waals surface area contributed by atoms with Crippen molar-refractivity contribution in [3.05, 3.63) is 66.0 Å². The molecule has 0 radical (unpaired) electrons. The van der Waals surface area contributed by atoms with Gasteiger partial charge in [0.25, 0.3) is 0 Å². The van der Waals surface area contributed by atoms with Crippen LogP contribution in [0.1, 0.15) is 30.7 Å². The normalized spacial score (nSPS) is 11.7. The summed E-state index contributed by atoms with van der Waals surface area (Å²) in [6.45, 7) is 6.22. The van der Waals surface area contributed by atoms with Crippen molar-refractivity contribution in [3.8, 4) is 0 Å². The second-order valence-corrected chi connectivity index (χ2v) is 7.32. The van der Waals surface area contributed by atoms with Crippen molar-refractivity contribution in [1.82, 2.24) is 20.2 Å². The number of nitrogens with zero attached hydrogens (tertiary/aromatic N) is 3. The first-order valence-corrected chi connectivity index (χ1v) is 10.8. The van der Waals surface area contributed by atoms with Crippen LogP contribution in [-0.2, 0) is 17.9 Å². The van der Waals surface area contributed by atoms with E-state index in [1.54, 1.807) is 0 Å². The summed E-state index contributed by atoms with van der Waals surface area (Å²) in [7, 11) is 1.81. The quantitative estimate of drug-likeness (QED) is 0.287. The Morgan fingerprint density at radius 2 is 1.70 bits per heavy atom. The third kappa shape index (κ3) is 6.59. The van der Waals surface area contributed by atoms with Gasteiger partial charge in [-0.1, -0.05) is 42.5 Å². The molecular weight excluding hydrogens is 374 g/mol. The fourth-order valence-electron chi connectivity index (χ4n) is 3.44. The lowest BCUT2D eigenvalue weighted by Gasteiger charge is -2.13. The second-order valence-electron chi connectivity index (χ2n) is 7.32. The van der Waals surface area contributed by atoms with Crippen LogP contribution in [0, 0.1) is 6.92 Å². The predicted molar refractivity (Wildman–Crippen MR) is 124 cm³/mol. The van der Waals surface area contributed by atoms with Crippen LogP contribution >= 0.6 is 0 Å². The lowest BCUT2D eigenvalue weighted by molar-refractivity contribution is 0.117. The lowest BCUT2D eigenvalue weighted by atomic mass is 10.2. The van der Waals surface area contributed by atoms with E-state index in [4.69, 9.17) is 4.74 Å². The molecule has 160 valence electrons. The van der Waals surface area contributed by atoms with Crippen LogP contribution in [0.25, 0.3) is 11.0 Å². The largest absolute Gasteiger partial charge is 0.377 e. The van der Waals surface area contributed by atoms with E-state index in [-0.39, 0.29) is 0 Å². The first kappa shape index (κ1) is 21.8. The van der Waals surface area contributed by atoms with Gasteiger partial charge in [0.1, 0.15) is 5.82 Å². The third-order valence-electron chi connectivity index (χ3n) is 5.04. The summed E-state index contributed by atoms with van der Waals surface area (Å²) in [5.74, 6) is 1.92. The molecule has 0 fully saturated rings. The molecule has 0 aliphatic rings. The van der Waals surface area contributed by atoms with Gasteiger partial charge in [-0.05, 0) is 43.9 Å². The van der Waals surface area contributed by atoms with Gasteiger partial charge < -0.3 is 19.9 Å². The average molecular weight is 408 g/mol. The first-order valence-electron chi connectivity index (χ1n) is 10.8. The molecule has 2 aromatic carbocycles. The molecule has 2 N–H and O–H groups in total. The summed E-state index contributed by atoms with van der Waals surface area (Å²) in [6.07, 6.45) is 3.09. The lowest BCUT2D eigenvalue weighted by Crippen LogP contribution is -2.38. The molecule has 30 heavy (non-hydrogen) atoms. The molecule has 1 heterocycles. The number of aliphatic imine (C=N–C) groups is 1. The van der Waals surface area contributed by atoms with Crippen LogP contribution in [0.4, 0.5) is 0 Å². The van der Waals surface area contributed by atoms with E-state index < -0.39 is 0 Å². The first-order chi connectivity index (χ1) is 14.8. The third-order valence-corrected chi connectivity index (χ3v) is 5.04. The average Bonchev–Trinajstić information content (AvgIpc) is 3.10. The molecule has 1 aromatic heterocycles. The molecule has 0 aliphatic carbocycles. The number of aryl methyl sites for hydroxylation is 2. The van der Waals surface area contributed by atoms with Gasteiger partial charge in [-0.15, -0.1) is 0 Å². The molecule has 6 nitrogen and oxygen atoms in total. The molecule has 3 rings (SSSR count). The fraction of sp³-hybridized carbons (Fsp3) is 0.417. The van der Waals surface area contributed by atoms with Crippen molar-refractivity contribution in [2.45, 2.75) is 39.3 Å². The van der Waals surface area contributed by atoms with Crippen molar-refractivity contribution < 1.29 is 4.74 Å². The number of aromatic nitrogens is 2. The van der Waals surface area contributed by atoms with Crippen LogP contribution in [0.5, 0.6) is 0 Å². The number of unbranched alkanes of at least 4 members (excludes halogenated alkanes) is 1. The highest BCUT2D eigenvalue weighted by Gasteiger charge is 2.06. The molecule has 0 unspecified atom stereocenters.